The van der Waals surface area contributed by atoms with Crippen LogP contribution in [-0.4, -0.2) is 25.2 Å². The molecule has 0 amide bonds. The molecule has 130 valence electrons. The third-order valence-corrected chi connectivity index (χ3v) is 4.75. The third-order valence-electron chi connectivity index (χ3n) is 4.75. The number of rotatable bonds is 5. The SMILES string of the molecule is C=C(C)[C@H]1[C@H](C)Cc2ccccc2C1(C(=O)OCC)C(=O)OCC. The molecule has 1 aromatic carbocycles. The number of carbonyl (C=O) groups is 2. The van der Waals surface area contributed by atoms with Crippen LogP contribution in [0, 0.1) is 11.8 Å². The molecule has 4 nitrogen and oxygen atoms in total. The monoisotopic (exact) mass is 330 g/mol. The standard InChI is InChI=1S/C20H26O4/c1-6-23-18(21)20(19(22)24-7-2)16-11-9-8-10-15(16)12-14(5)17(20)13(3)4/h8-11,14,17H,3,6-7,12H2,1-2,4-5H3/t14-,17+/m1/s1. The first-order valence-electron chi connectivity index (χ1n) is 8.49. The predicted octanol–water partition coefficient (Wildman–Crippen LogP) is 3.44. The number of carbonyl (C=O) groups excluding carboxylic acids is 2. The van der Waals surface area contributed by atoms with Gasteiger partial charge in [-0.1, -0.05) is 43.3 Å². The van der Waals surface area contributed by atoms with E-state index in [1.165, 1.54) is 0 Å². The van der Waals surface area contributed by atoms with Gasteiger partial charge < -0.3 is 9.47 Å². The zero-order valence-corrected chi connectivity index (χ0v) is 14.9. The van der Waals surface area contributed by atoms with E-state index < -0.39 is 17.4 Å². The summed E-state index contributed by atoms with van der Waals surface area (Å²) in [6.45, 7) is 11.9. The molecule has 1 aliphatic carbocycles. The fraction of sp³-hybridized carbons (Fsp3) is 0.500. The van der Waals surface area contributed by atoms with Crippen molar-refractivity contribution in [3.63, 3.8) is 0 Å². The molecule has 0 fully saturated rings. The lowest BCUT2D eigenvalue weighted by molar-refractivity contribution is -0.169. The van der Waals surface area contributed by atoms with E-state index in [0.717, 1.165) is 17.6 Å². The van der Waals surface area contributed by atoms with Crippen LogP contribution in [0.25, 0.3) is 0 Å². The van der Waals surface area contributed by atoms with Crippen molar-refractivity contribution in [2.24, 2.45) is 11.8 Å². The van der Waals surface area contributed by atoms with E-state index in [-0.39, 0.29) is 25.0 Å². The van der Waals surface area contributed by atoms with Crippen LogP contribution in [0.1, 0.15) is 38.8 Å². The first-order chi connectivity index (χ1) is 11.4. The Balaban J connectivity index is 2.80. The number of esters is 2. The van der Waals surface area contributed by atoms with Gasteiger partial charge in [-0.3, -0.25) is 9.59 Å². The van der Waals surface area contributed by atoms with Crippen molar-refractivity contribution in [3.05, 3.63) is 47.5 Å². The average molecular weight is 330 g/mol. The van der Waals surface area contributed by atoms with E-state index in [0.29, 0.717) is 5.56 Å². The van der Waals surface area contributed by atoms with Gasteiger partial charge in [-0.05, 0) is 44.2 Å². The summed E-state index contributed by atoms with van der Waals surface area (Å²) < 4.78 is 10.7. The van der Waals surface area contributed by atoms with Gasteiger partial charge in [0.25, 0.3) is 0 Å². The van der Waals surface area contributed by atoms with E-state index in [4.69, 9.17) is 9.47 Å². The van der Waals surface area contributed by atoms with Gasteiger partial charge in [0.05, 0.1) is 13.2 Å². The van der Waals surface area contributed by atoms with Crippen LogP contribution >= 0.6 is 0 Å². The minimum Gasteiger partial charge on any atom is -0.465 e. The molecule has 2 atom stereocenters. The normalized spacial score (nSPS) is 21.5. The van der Waals surface area contributed by atoms with Crippen LogP contribution in [0.4, 0.5) is 0 Å². The summed E-state index contributed by atoms with van der Waals surface area (Å²) in [4.78, 5) is 26.2. The van der Waals surface area contributed by atoms with Gasteiger partial charge in [-0.2, -0.15) is 0 Å². The molecule has 4 heteroatoms. The number of benzene rings is 1. The van der Waals surface area contributed by atoms with Crippen LogP contribution in [-0.2, 0) is 30.9 Å². The second kappa shape index (κ2) is 7.20. The molecular weight excluding hydrogens is 304 g/mol. The topological polar surface area (TPSA) is 52.6 Å². The molecule has 0 aromatic heterocycles. The molecule has 24 heavy (non-hydrogen) atoms. The molecule has 1 aromatic rings. The Kier molecular flexibility index (Phi) is 5.47. The highest BCUT2D eigenvalue weighted by molar-refractivity contribution is 6.08. The van der Waals surface area contributed by atoms with Crippen molar-refractivity contribution in [2.75, 3.05) is 13.2 Å². The van der Waals surface area contributed by atoms with Crippen molar-refractivity contribution in [2.45, 2.75) is 39.5 Å². The van der Waals surface area contributed by atoms with Gasteiger partial charge in [0.2, 0.25) is 0 Å². The molecular formula is C20H26O4. The van der Waals surface area contributed by atoms with Gasteiger partial charge in [-0.25, -0.2) is 0 Å². The zero-order chi connectivity index (χ0) is 17.9. The summed E-state index contributed by atoms with van der Waals surface area (Å²) in [5.74, 6) is -1.37. The van der Waals surface area contributed by atoms with Crippen LogP contribution in [0.5, 0.6) is 0 Å². The Labute approximate surface area is 143 Å². The maximum atomic E-state index is 13.1. The van der Waals surface area contributed by atoms with E-state index in [1.807, 2.05) is 38.1 Å². The minimum atomic E-state index is -1.48. The summed E-state index contributed by atoms with van der Waals surface area (Å²) in [5, 5.41) is 0. The smallest absolute Gasteiger partial charge is 0.328 e. The van der Waals surface area contributed by atoms with Gasteiger partial charge in [0, 0.05) is 5.92 Å². The molecule has 0 radical (unpaired) electrons. The van der Waals surface area contributed by atoms with E-state index >= 15 is 0 Å². The zero-order valence-electron chi connectivity index (χ0n) is 14.9. The van der Waals surface area contributed by atoms with E-state index in [2.05, 4.69) is 6.58 Å². The molecule has 0 saturated heterocycles. The molecule has 0 heterocycles. The Hall–Kier alpha value is -2.10. The largest absolute Gasteiger partial charge is 0.465 e. The van der Waals surface area contributed by atoms with Crippen molar-refractivity contribution >= 4 is 11.9 Å². The van der Waals surface area contributed by atoms with Crippen LogP contribution in [0.15, 0.2) is 36.4 Å². The van der Waals surface area contributed by atoms with Crippen LogP contribution in [0.2, 0.25) is 0 Å². The van der Waals surface area contributed by atoms with E-state index in [1.54, 1.807) is 13.8 Å². The van der Waals surface area contributed by atoms with E-state index in [9.17, 15) is 9.59 Å². The Morgan fingerprint density at radius 3 is 2.21 bits per heavy atom. The molecule has 0 bridgehead atoms. The second-order valence-corrected chi connectivity index (χ2v) is 6.41. The molecule has 0 spiro atoms. The highest BCUT2D eigenvalue weighted by Gasteiger charge is 2.60. The Morgan fingerprint density at radius 1 is 1.17 bits per heavy atom. The van der Waals surface area contributed by atoms with Gasteiger partial charge in [0.15, 0.2) is 5.41 Å². The highest BCUT2D eigenvalue weighted by atomic mass is 16.6. The number of fused-ring (bicyclic) bond motifs is 1. The van der Waals surface area contributed by atoms with Gasteiger partial charge in [0.1, 0.15) is 0 Å². The second-order valence-electron chi connectivity index (χ2n) is 6.41. The van der Waals surface area contributed by atoms with Crippen molar-refractivity contribution < 1.29 is 19.1 Å². The molecule has 0 saturated carbocycles. The lowest BCUT2D eigenvalue weighted by Crippen LogP contribution is -2.56. The van der Waals surface area contributed by atoms with Gasteiger partial charge >= 0.3 is 11.9 Å². The molecule has 2 rings (SSSR count). The molecule has 1 aliphatic rings. The van der Waals surface area contributed by atoms with Gasteiger partial charge in [-0.15, -0.1) is 0 Å². The fourth-order valence-corrected chi connectivity index (χ4v) is 4.04. The number of ether oxygens (including phenoxy) is 2. The lowest BCUT2D eigenvalue weighted by atomic mass is 9.57. The Morgan fingerprint density at radius 2 is 1.71 bits per heavy atom. The predicted molar refractivity (Wildman–Crippen MR) is 92.6 cm³/mol. The van der Waals surface area contributed by atoms with Crippen molar-refractivity contribution in [1.29, 1.82) is 0 Å². The first kappa shape index (κ1) is 18.2. The quantitative estimate of drug-likeness (QED) is 0.471. The van der Waals surface area contributed by atoms with Crippen LogP contribution < -0.4 is 0 Å². The molecule has 0 unspecified atom stereocenters. The summed E-state index contributed by atoms with van der Waals surface area (Å²) in [7, 11) is 0. The molecule has 0 aliphatic heterocycles. The summed E-state index contributed by atoms with van der Waals surface area (Å²) in [6, 6.07) is 7.57. The maximum absolute atomic E-state index is 13.1. The number of allylic oxidation sites excluding steroid dienone is 1. The lowest BCUT2D eigenvalue weighted by Gasteiger charge is -2.44. The molecule has 0 N–H and O–H groups in total. The number of hydrogen-bond donors (Lipinski definition) is 0. The fourth-order valence-electron chi connectivity index (χ4n) is 4.04. The minimum absolute atomic E-state index is 0.0752. The summed E-state index contributed by atoms with van der Waals surface area (Å²) in [6.07, 6.45) is 0.786. The first-order valence-corrected chi connectivity index (χ1v) is 8.49. The highest BCUT2D eigenvalue weighted by Crippen LogP contribution is 2.49. The maximum Gasteiger partial charge on any atom is 0.328 e. The van der Waals surface area contributed by atoms with Crippen molar-refractivity contribution in [3.8, 4) is 0 Å². The number of hydrogen-bond acceptors (Lipinski definition) is 4. The summed E-state index contributed by atoms with van der Waals surface area (Å²) in [5.41, 5.74) is 0.987. The Bertz CT molecular complexity index is 629. The third kappa shape index (κ3) is 2.74. The van der Waals surface area contributed by atoms with Crippen LogP contribution in [0.3, 0.4) is 0 Å². The van der Waals surface area contributed by atoms with Crippen molar-refractivity contribution in [1.82, 2.24) is 0 Å². The average Bonchev–Trinajstić information content (AvgIpc) is 2.53. The summed E-state index contributed by atoms with van der Waals surface area (Å²) >= 11 is 0.